The van der Waals surface area contributed by atoms with Gasteiger partial charge in [-0.3, -0.25) is 4.79 Å². The van der Waals surface area contributed by atoms with Gasteiger partial charge in [-0.25, -0.2) is 4.98 Å². The van der Waals surface area contributed by atoms with Crippen molar-refractivity contribution in [3.63, 3.8) is 0 Å². The molecule has 0 aliphatic rings. The molecule has 4 nitrogen and oxygen atoms in total. The monoisotopic (exact) mass is 256 g/mol. The lowest BCUT2D eigenvalue weighted by Crippen LogP contribution is -2.30. The highest BCUT2D eigenvalue weighted by atomic mass is 16.5. The third kappa shape index (κ3) is 3.55. The van der Waals surface area contributed by atoms with Crippen molar-refractivity contribution in [3.8, 4) is 5.75 Å². The van der Waals surface area contributed by atoms with Crippen molar-refractivity contribution in [2.24, 2.45) is 0 Å². The Balaban J connectivity index is 1.99. The summed E-state index contributed by atoms with van der Waals surface area (Å²) in [7, 11) is 0. The molecule has 0 saturated carbocycles. The normalized spacial score (nSPS) is 11.7. The quantitative estimate of drug-likeness (QED) is 0.915. The van der Waals surface area contributed by atoms with Gasteiger partial charge in [0, 0.05) is 6.20 Å². The molecule has 0 radical (unpaired) electrons. The highest BCUT2D eigenvalue weighted by molar-refractivity contribution is 5.93. The largest absolute Gasteiger partial charge is 0.481 e. The summed E-state index contributed by atoms with van der Waals surface area (Å²) in [6, 6.07) is 13.0. The molecule has 2 rings (SSSR count). The molecule has 0 aliphatic carbocycles. The lowest BCUT2D eigenvalue weighted by atomic mass is 10.2. The van der Waals surface area contributed by atoms with Crippen LogP contribution in [0.15, 0.2) is 48.7 Å². The maximum absolute atomic E-state index is 12.0. The molecule has 1 heterocycles. The van der Waals surface area contributed by atoms with E-state index in [9.17, 15) is 4.79 Å². The fraction of sp³-hybridized carbons (Fsp3) is 0.200. The molecule has 0 bridgehead atoms. The Morgan fingerprint density at radius 2 is 1.95 bits per heavy atom. The Morgan fingerprint density at radius 1 is 1.21 bits per heavy atom. The van der Waals surface area contributed by atoms with Crippen LogP contribution in [-0.4, -0.2) is 17.0 Å². The van der Waals surface area contributed by atoms with Crippen LogP contribution in [0.4, 0.5) is 5.82 Å². The summed E-state index contributed by atoms with van der Waals surface area (Å²) < 4.78 is 5.55. The minimum atomic E-state index is -0.580. The number of aryl methyl sites for hydroxylation is 1. The average molecular weight is 256 g/mol. The van der Waals surface area contributed by atoms with Gasteiger partial charge in [0.25, 0.3) is 5.91 Å². The van der Waals surface area contributed by atoms with Crippen molar-refractivity contribution in [2.75, 3.05) is 5.32 Å². The maximum Gasteiger partial charge on any atom is 0.266 e. The maximum atomic E-state index is 12.0. The zero-order valence-electron chi connectivity index (χ0n) is 11.0. The minimum Gasteiger partial charge on any atom is -0.481 e. The number of rotatable bonds is 4. The number of hydrogen-bond donors (Lipinski definition) is 1. The van der Waals surface area contributed by atoms with E-state index in [1.165, 1.54) is 0 Å². The van der Waals surface area contributed by atoms with Crippen LogP contribution in [0.1, 0.15) is 12.5 Å². The number of carbonyl (C=O) groups is 1. The average Bonchev–Trinajstić information content (AvgIpc) is 2.42. The van der Waals surface area contributed by atoms with Gasteiger partial charge in [-0.1, -0.05) is 24.3 Å². The summed E-state index contributed by atoms with van der Waals surface area (Å²) in [5.41, 5.74) is 0.919. The zero-order valence-corrected chi connectivity index (χ0v) is 11.0. The number of hydrogen-bond acceptors (Lipinski definition) is 3. The predicted octanol–water partition coefficient (Wildman–Crippen LogP) is 2.80. The van der Waals surface area contributed by atoms with Crippen molar-refractivity contribution < 1.29 is 9.53 Å². The summed E-state index contributed by atoms with van der Waals surface area (Å²) >= 11 is 0. The van der Waals surface area contributed by atoms with E-state index in [1.54, 1.807) is 13.1 Å². The molecule has 0 spiro atoms. The Hall–Kier alpha value is -2.36. The van der Waals surface area contributed by atoms with E-state index in [0.29, 0.717) is 11.6 Å². The van der Waals surface area contributed by atoms with Crippen LogP contribution in [0.3, 0.4) is 0 Å². The van der Waals surface area contributed by atoms with Crippen LogP contribution < -0.4 is 10.1 Å². The van der Waals surface area contributed by atoms with Crippen molar-refractivity contribution in [1.29, 1.82) is 0 Å². The smallest absolute Gasteiger partial charge is 0.266 e. The minimum absolute atomic E-state index is 0.217. The van der Waals surface area contributed by atoms with E-state index in [-0.39, 0.29) is 5.91 Å². The van der Waals surface area contributed by atoms with Gasteiger partial charge < -0.3 is 10.1 Å². The van der Waals surface area contributed by atoms with E-state index in [4.69, 9.17) is 4.74 Å². The van der Waals surface area contributed by atoms with Gasteiger partial charge >= 0.3 is 0 Å². The fourth-order valence-corrected chi connectivity index (χ4v) is 1.59. The SMILES string of the molecule is Cc1cccnc1NC(=O)[C@H](C)Oc1ccccc1. The molecular weight excluding hydrogens is 240 g/mol. The molecule has 1 atom stereocenters. The molecule has 1 N–H and O–H groups in total. The fourth-order valence-electron chi connectivity index (χ4n) is 1.59. The first-order valence-electron chi connectivity index (χ1n) is 6.11. The molecule has 19 heavy (non-hydrogen) atoms. The van der Waals surface area contributed by atoms with E-state index in [0.717, 1.165) is 5.56 Å². The summed E-state index contributed by atoms with van der Waals surface area (Å²) in [6.45, 7) is 3.60. The first-order chi connectivity index (χ1) is 9.16. The number of nitrogens with one attached hydrogen (secondary N) is 1. The van der Waals surface area contributed by atoms with Gasteiger partial charge in [0.2, 0.25) is 0 Å². The van der Waals surface area contributed by atoms with Crippen molar-refractivity contribution >= 4 is 11.7 Å². The van der Waals surface area contributed by atoms with Gasteiger partial charge in [0.1, 0.15) is 11.6 Å². The van der Waals surface area contributed by atoms with E-state index in [1.807, 2.05) is 49.4 Å². The van der Waals surface area contributed by atoms with E-state index < -0.39 is 6.10 Å². The Morgan fingerprint density at radius 3 is 2.63 bits per heavy atom. The number of amides is 1. The van der Waals surface area contributed by atoms with Gasteiger partial charge in [0.15, 0.2) is 6.10 Å². The molecule has 0 aliphatic heterocycles. The van der Waals surface area contributed by atoms with Crippen LogP contribution in [0.5, 0.6) is 5.75 Å². The Bertz CT molecular complexity index is 555. The molecule has 1 aromatic heterocycles. The molecule has 0 unspecified atom stereocenters. The van der Waals surface area contributed by atoms with Crippen LogP contribution in [0, 0.1) is 6.92 Å². The second kappa shape index (κ2) is 6.00. The molecule has 0 saturated heterocycles. The summed E-state index contributed by atoms with van der Waals surface area (Å²) in [5.74, 6) is 1.02. The Kier molecular flexibility index (Phi) is 4.13. The van der Waals surface area contributed by atoms with Crippen molar-refractivity contribution in [2.45, 2.75) is 20.0 Å². The number of nitrogens with zero attached hydrogens (tertiary/aromatic N) is 1. The van der Waals surface area contributed by atoms with Crippen molar-refractivity contribution in [1.82, 2.24) is 4.98 Å². The number of carbonyl (C=O) groups excluding carboxylic acids is 1. The highest BCUT2D eigenvalue weighted by Crippen LogP contribution is 2.13. The molecule has 1 aromatic carbocycles. The molecular formula is C15H16N2O2. The van der Waals surface area contributed by atoms with Gasteiger partial charge in [0.05, 0.1) is 0 Å². The third-order valence-corrected chi connectivity index (χ3v) is 2.68. The van der Waals surface area contributed by atoms with Gasteiger partial charge in [-0.05, 0) is 37.6 Å². The molecule has 1 amide bonds. The molecule has 98 valence electrons. The van der Waals surface area contributed by atoms with Crippen LogP contribution >= 0.6 is 0 Å². The number of aromatic nitrogens is 1. The number of ether oxygens (including phenoxy) is 1. The standard InChI is InChI=1S/C15H16N2O2/c1-11-7-6-10-16-14(11)17-15(18)12(2)19-13-8-4-3-5-9-13/h3-10,12H,1-2H3,(H,16,17,18)/t12-/m0/s1. The van der Waals surface area contributed by atoms with E-state index >= 15 is 0 Å². The first-order valence-corrected chi connectivity index (χ1v) is 6.11. The number of benzene rings is 1. The molecule has 4 heteroatoms. The molecule has 0 fully saturated rings. The second-order valence-electron chi connectivity index (χ2n) is 4.23. The highest BCUT2D eigenvalue weighted by Gasteiger charge is 2.15. The van der Waals surface area contributed by atoms with Gasteiger partial charge in [-0.15, -0.1) is 0 Å². The third-order valence-electron chi connectivity index (χ3n) is 2.68. The predicted molar refractivity (Wildman–Crippen MR) is 74.1 cm³/mol. The zero-order chi connectivity index (χ0) is 13.7. The molecule has 2 aromatic rings. The van der Waals surface area contributed by atoms with Crippen LogP contribution in [0.2, 0.25) is 0 Å². The van der Waals surface area contributed by atoms with Crippen LogP contribution in [0.25, 0.3) is 0 Å². The van der Waals surface area contributed by atoms with Gasteiger partial charge in [-0.2, -0.15) is 0 Å². The topological polar surface area (TPSA) is 51.2 Å². The lowest BCUT2D eigenvalue weighted by molar-refractivity contribution is -0.122. The second-order valence-corrected chi connectivity index (χ2v) is 4.23. The van der Waals surface area contributed by atoms with Crippen molar-refractivity contribution in [3.05, 3.63) is 54.2 Å². The summed E-state index contributed by atoms with van der Waals surface area (Å²) in [4.78, 5) is 16.1. The van der Waals surface area contributed by atoms with Crippen LogP contribution in [-0.2, 0) is 4.79 Å². The lowest BCUT2D eigenvalue weighted by Gasteiger charge is -2.15. The number of pyridine rings is 1. The summed E-state index contributed by atoms with van der Waals surface area (Å²) in [6.07, 6.45) is 1.06. The van der Waals surface area contributed by atoms with E-state index in [2.05, 4.69) is 10.3 Å². The number of para-hydroxylation sites is 1. The summed E-state index contributed by atoms with van der Waals surface area (Å²) in [5, 5.41) is 2.76. The number of anilines is 1. The first kappa shape index (κ1) is 13.1. The Labute approximate surface area is 112 Å².